The van der Waals surface area contributed by atoms with Crippen molar-refractivity contribution in [2.75, 3.05) is 33.8 Å². The van der Waals surface area contributed by atoms with E-state index < -0.39 is 0 Å². The summed E-state index contributed by atoms with van der Waals surface area (Å²) in [6.07, 6.45) is -0.314. The minimum atomic E-state index is -0.314. The van der Waals surface area contributed by atoms with Crippen LogP contribution in [0.5, 0.6) is 0 Å². The second-order valence-electron chi connectivity index (χ2n) is 3.99. The molecule has 1 fully saturated rings. The van der Waals surface area contributed by atoms with Crippen LogP contribution in [-0.2, 0) is 9.53 Å². The van der Waals surface area contributed by atoms with Crippen molar-refractivity contribution in [3.05, 3.63) is 0 Å². The van der Waals surface area contributed by atoms with Crippen molar-refractivity contribution in [3.63, 3.8) is 0 Å². The number of carbonyl (C=O) groups excluding carboxylic acids is 1. The Bertz CT molecular complexity index is 208. The molecule has 0 saturated carbocycles. The van der Waals surface area contributed by atoms with Gasteiger partial charge in [0.1, 0.15) is 6.10 Å². The summed E-state index contributed by atoms with van der Waals surface area (Å²) in [5, 5.41) is 0. The second-order valence-corrected chi connectivity index (χ2v) is 3.99. The van der Waals surface area contributed by atoms with Gasteiger partial charge in [0, 0.05) is 32.8 Å². The summed E-state index contributed by atoms with van der Waals surface area (Å²) in [5.41, 5.74) is 0. The number of likely N-dealkylation sites (N-methyl/N-ethyl adjacent to an activating group) is 1. The highest BCUT2D eigenvalue weighted by molar-refractivity contribution is 5.80. The first-order valence-corrected chi connectivity index (χ1v) is 5.08. The van der Waals surface area contributed by atoms with E-state index in [4.69, 9.17) is 4.74 Å². The van der Waals surface area contributed by atoms with Crippen molar-refractivity contribution in [1.29, 1.82) is 0 Å². The van der Waals surface area contributed by atoms with Gasteiger partial charge < -0.3 is 14.5 Å². The number of amides is 1. The van der Waals surface area contributed by atoms with Gasteiger partial charge in [0.15, 0.2) is 0 Å². The fourth-order valence-electron chi connectivity index (χ4n) is 1.61. The van der Waals surface area contributed by atoms with Crippen LogP contribution < -0.4 is 0 Å². The number of nitrogens with zero attached hydrogens (tertiary/aromatic N) is 2. The lowest BCUT2D eigenvalue weighted by atomic mass is 10.2. The lowest BCUT2D eigenvalue weighted by Gasteiger charge is -2.38. The van der Waals surface area contributed by atoms with Crippen molar-refractivity contribution in [1.82, 2.24) is 9.80 Å². The van der Waals surface area contributed by atoms with Gasteiger partial charge in [-0.25, -0.2) is 0 Å². The lowest BCUT2D eigenvalue weighted by molar-refractivity contribution is -0.143. The standard InChI is InChI=1S/C10H20N2O2/c1-8-7-12(6-5-11(8)3)10(13)9(2)14-4/h8-9H,5-7H2,1-4H3. The summed E-state index contributed by atoms with van der Waals surface area (Å²) >= 11 is 0. The van der Waals surface area contributed by atoms with Crippen molar-refractivity contribution in [3.8, 4) is 0 Å². The molecule has 1 aliphatic heterocycles. The summed E-state index contributed by atoms with van der Waals surface area (Å²) in [7, 11) is 3.66. The molecule has 14 heavy (non-hydrogen) atoms. The molecule has 0 aromatic heterocycles. The van der Waals surface area contributed by atoms with E-state index in [0.717, 1.165) is 19.6 Å². The summed E-state index contributed by atoms with van der Waals surface area (Å²) in [5.74, 6) is 0.104. The number of ether oxygens (including phenoxy) is 1. The third-order valence-corrected chi connectivity index (χ3v) is 2.97. The molecule has 2 atom stereocenters. The first kappa shape index (κ1) is 11.5. The fourth-order valence-corrected chi connectivity index (χ4v) is 1.61. The molecule has 82 valence electrons. The van der Waals surface area contributed by atoms with Crippen LogP contribution in [0.4, 0.5) is 0 Å². The maximum atomic E-state index is 11.8. The van der Waals surface area contributed by atoms with Gasteiger partial charge in [0.25, 0.3) is 5.91 Å². The third kappa shape index (κ3) is 2.45. The molecule has 0 spiro atoms. The van der Waals surface area contributed by atoms with E-state index in [0.29, 0.717) is 6.04 Å². The highest BCUT2D eigenvalue weighted by Gasteiger charge is 2.26. The number of rotatable bonds is 2. The zero-order valence-electron chi connectivity index (χ0n) is 9.49. The normalized spacial score (nSPS) is 26.3. The lowest BCUT2D eigenvalue weighted by Crippen LogP contribution is -2.54. The average molecular weight is 200 g/mol. The quantitative estimate of drug-likeness (QED) is 0.637. The Morgan fingerprint density at radius 1 is 1.50 bits per heavy atom. The molecule has 0 radical (unpaired) electrons. The highest BCUT2D eigenvalue weighted by atomic mass is 16.5. The summed E-state index contributed by atoms with van der Waals surface area (Å²) in [4.78, 5) is 15.9. The molecule has 1 rings (SSSR count). The molecule has 1 aliphatic rings. The molecule has 0 bridgehead atoms. The number of hydrogen-bond donors (Lipinski definition) is 0. The largest absolute Gasteiger partial charge is 0.372 e. The summed E-state index contributed by atoms with van der Waals surface area (Å²) in [6.45, 7) is 6.50. The number of hydrogen-bond acceptors (Lipinski definition) is 3. The van der Waals surface area contributed by atoms with Crippen molar-refractivity contribution >= 4 is 5.91 Å². The van der Waals surface area contributed by atoms with Gasteiger partial charge in [0.05, 0.1) is 0 Å². The van der Waals surface area contributed by atoms with Crippen LogP contribution >= 0.6 is 0 Å². The van der Waals surface area contributed by atoms with E-state index >= 15 is 0 Å². The van der Waals surface area contributed by atoms with Gasteiger partial charge in [-0.15, -0.1) is 0 Å². The Hall–Kier alpha value is -0.610. The minimum Gasteiger partial charge on any atom is -0.372 e. The van der Waals surface area contributed by atoms with Gasteiger partial charge >= 0.3 is 0 Å². The molecule has 0 aliphatic carbocycles. The Kier molecular flexibility index (Phi) is 3.89. The summed E-state index contributed by atoms with van der Waals surface area (Å²) in [6, 6.07) is 0.441. The smallest absolute Gasteiger partial charge is 0.251 e. The molecule has 2 unspecified atom stereocenters. The molecule has 0 aromatic rings. The van der Waals surface area contributed by atoms with Gasteiger partial charge in [-0.3, -0.25) is 4.79 Å². The monoisotopic (exact) mass is 200 g/mol. The van der Waals surface area contributed by atoms with Crippen LogP contribution in [-0.4, -0.2) is 61.6 Å². The van der Waals surface area contributed by atoms with E-state index in [2.05, 4.69) is 18.9 Å². The molecule has 1 saturated heterocycles. The molecular weight excluding hydrogens is 180 g/mol. The zero-order valence-corrected chi connectivity index (χ0v) is 9.49. The fraction of sp³-hybridized carbons (Fsp3) is 0.900. The van der Waals surface area contributed by atoms with E-state index in [1.54, 1.807) is 14.0 Å². The van der Waals surface area contributed by atoms with Crippen LogP contribution in [0.3, 0.4) is 0 Å². The second kappa shape index (κ2) is 4.75. The van der Waals surface area contributed by atoms with E-state index in [-0.39, 0.29) is 12.0 Å². The summed E-state index contributed by atoms with van der Waals surface area (Å²) < 4.78 is 5.02. The zero-order chi connectivity index (χ0) is 10.7. The van der Waals surface area contributed by atoms with E-state index in [9.17, 15) is 4.79 Å². The topological polar surface area (TPSA) is 32.8 Å². The predicted molar refractivity (Wildman–Crippen MR) is 55.1 cm³/mol. The molecule has 0 aromatic carbocycles. The van der Waals surface area contributed by atoms with Crippen molar-refractivity contribution in [2.24, 2.45) is 0 Å². The van der Waals surface area contributed by atoms with Crippen LogP contribution in [0.1, 0.15) is 13.8 Å². The molecule has 4 nitrogen and oxygen atoms in total. The maximum absolute atomic E-state index is 11.8. The predicted octanol–water partition coefficient (Wildman–Crippen LogP) is 0.184. The van der Waals surface area contributed by atoms with Gasteiger partial charge in [-0.2, -0.15) is 0 Å². The average Bonchev–Trinajstić information content (AvgIpc) is 2.20. The molecule has 1 amide bonds. The Labute approximate surface area is 85.8 Å². The first-order chi connectivity index (χ1) is 6.56. The van der Waals surface area contributed by atoms with Gasteiger partial charge in [-0.05, 0) is 20.9 Å². The molecule has 4 heteroatoms. The number of piperazine rings is 1. The van der Waals surface area contributed by atoms with Gasteiger partial charge in [0.2, 0.25) is 0 Å². The Balaban J connectivity index is 2.50. The number of methoxy groups -OCH3 is 1. The number of carbonyl (C=O) groups is 1. The van der Waals surface area contributed by atoms with Gasteiger partial charge in [-0.1, -0.05) is 0 Å². The van der Waals surface area contributed by atoms with Crippen LogP contribution in [0, 0.1) is 0 Å². The molecular formula is C10H20N2O2. The Morgan fingerprint density at radius 2 is 2.14 bits per heavy atom. The molecule has 1 heterocycles. The SMILES string of the molecule is COC(C)C(=O)N1CCN(C)C(C)C1. The van der Waals surface area contributed by atoms with Crippen LogP contribution in [0.25, 0.3) is 0 Å². The van der Waals surface area contributed by atoms with Crippen molar-refractivity contribution in [2.45, 2.75) is 26.0 Å². The first-order valence-electron chi connectivity index (χ1n) is 5.08. The van der Waals surface area contributed by atoms with Crippen molar-refractivity contribution < 1.29 is 9.53 Å². The molecule has 0 N–H and O–H groups in total. The van der Waals surface area contributed by atoms with Crippen LogP contribution in [0.2, 0.25) is 0 Å². The Morgan fingerprint density at radius 3 is 2.64 bits per heavy atom. The van der Waals surface area contributed by atoms with E-state index in [1.807, 2.05) is 4.90 Å². The highest BCUT2D eigenvalue weighted by Crippen LogP contribution is 2.09. The minimum absolute atomic E-state index is 0.104. The van der Waals surface area contributed by atoms with E-state index in [1.165, 1.54) is 0 Å². The van der Waals surface area contributed by atoms with Crippen LogP contribution in [0.15, 0.2) is 0 Å². The third-order valence-electron chi connectivity index (χ3n) is 2.97. The maximum Gasteiger partial charge on any atom is 0.251 e.